The predicted molar refractivity (Wildman–Crippen MR) is 123 cm³/mol. The van der Waals surface area contributed by atoms with E-state index in [2.05, 4.69) is 10.1 Å². The van der Waals surface area contributed by atoms with Crippen molar-refractivity contribution in [3.63, 3.8) is 0 Å². The third-order valence-electron chi connectivity index (χ3n) is 5.34. The van der Waals surface area contributed by atoms with Gasteiger partial charge in [0.2, 0.25) is 0 Å². The largest absolute Gasteiger partial charge is 0.486 e. The fourth-order valence-corrected chi connectivity index (χ4v) is 5.23. The molecule has 1 aliphatic heterocycles. The number of aromatic nitrogens is 3. The number of carboxylic acid groups (broad SMARTS) is 1. The molecule has 10 heteroatoms. The fourth-order valence-electron chi connectivity index (χ4n) is 3.62. The zero-order valence-corrected chi connectivity index (χ0v) is 19.1. The molecule has 1 aliphatic rings. The van der Waals surface area contributed by atoms with E-state index in [1.54, 1.807) is 48.1 Å². The number of nitrogens with zero attached hydrogens (tertiary/aromatic N) is 4. The SMILES string of the molecule is Cc1cccc(S(=O)(=O)N2C[C@H](CCC(=O)O)Oc3ccc(/C=C/c4ncnn4C)cc32)c1. The van der Waals surface area contributed by atoms with Crippen LogP contribution >= 0.6 is 0 Å². The molecule has 1 atom stereocenters. The van der Waals surface area contributed by atoms with Crippen molar-refractivity contribution in [3.05, 3.63) is 65.7 Å². The van der Waals surface area contributed by atoms with E-state index in [4.69, 9.17) is 9.84 Å². The molecular formula is C23H24N4O5S. The summed E-state index contributed by atoms with van der Waals surface area (Å²) in [7, 11) is -2.12. The molecule has 0 fully saturated rings. The Morgan fingerprint density at radius 3 is 2.76 bits per heavy atom. The average molecular weight is 469 g/mol. The van der Waals surface area contributed by atoms with Gasteiger partial charge in [-0.25, -0.2) is 18.1 Å². The van der Waals surface area contributed by atoms with Crippen LogP contribution in [0.4, 0.5) is 5.69 Å². The number of hydrogen-bond donors (Lipinski definition) is 1. The minimum Gasteiger partial charge on any atom is -0.486 e. The number of carboxylic acids is 1. The van der Waals surface area contributed by atoms with E-state index >= 15 is 0 Å². The predicted octanol–water partition coefficient (Wildman–Crippen LogP) is 3.12. The second-order valence-electron chi connectivity index (χ2n) is 7.83. The average Bonchev–Trinajstić information content (AvgIpc) is 3.20. The number of aryl methyl sites for hydroxylation is 2. The molecule has 0 amide bonds. The number of aliphatic carboxylic acids is 1. The van der Waals surface area contributed by atoms with Gasteiger partial charge in [-0.05, 0) is 54.8 Å². The molecule has 2 aromatic carbocycles. The van der Waals surface area contributed by atoms with Crippen molar-refractivity contribution in [2.24, 2.45) is 7.05 Å². The van der Waals surface area contributed by atoms with Crippen LogP contribution in [0.1, 0.15) is 29.8 Å². The summed E-state index contributed by atoms with van der Waals surface area (Å²) < 4.78 is 36.1. The summed E-state index contributed by atoms with van der Waals surface area (Å²) in [6, 6.07) is 12.0. The quantitative estimate of drug-likeness (QED) is 0.567. The number of benzene rings is 2. The lowest BCUT2D eigenvalue weighted by atomic mass is 10.1. The Morgan fingerprint density at radius 2 is 2.06 bits per heavy atom. The maximum absolute atomic E-state index is 13.6. The molecule has 172 valence electrons. The van der Waals surface area contributed by atoms with Gasteiger partial charge < -0.3 is 9.84 Å². The summed E-state index contributed by atoms with van der Waals surface area (Å²) in [5, 5.41) is 13.1. The van der Waals surface area contributed by atoms with E-state index < -0.39 is 22.1 Å². The molecule has 2 heterocycles. The molecule has 0 aliphatic carbocycles. The second kappa shape index (κ2) is 9.07. The summed E-state index contributed by atoms with van der Waals surface area (Å²) in [4.78, 5) is 15.4. The molecule has 0 saturated carbocycles. The summed E-state index contributed by atoms with van der Waals surface area (Å²) in [5.41, 5.74) is 1.99. The first-order chi connectivity index (χ1) is 15.7. The molecule has 9 nitrogen and oxygen atoms in total. The van der Waals surface area contributed by atoms with Crippen LogP contribution in [0.15, 0.2) is 53.7 Å². The smallest absolute Gasteiger partial charge is 0.303 e. The summed E-state index contributed by atoms with van der Waals surface area (Å²) in [6.45, 7) is 1.85. The molecule has 1 N–H and O–H groups in total. The van der Waals surface area contributed by atoms with Crippen molar-refractivity contribution in [3.8, 4) is 5.75 Å². The highest BCUT2D eigenvalue weighted by Gasteiger charge is 2.34. The van der Waals surface area contributed by atoms with E-state index in [-0.39, 0.29) is 24.3 Å². The Labute approximate surface area is 192 Å². The van der Waals surface area contributed by atoms with Crippen LogP contribution in [0.25, 0.3) is 12.2 Å². The van der Waals surface area contributed by atoms with Crippen molar-refractivity contribution in [1.82, 2.24) is 14.8 Å². The number of ether oxygens (including phenoxy) is 1. The molecule has 4 rings (SSSR count). The van der Waals surface area contributed by atoms with E-state index in [0.717, 1.165) is 11.1 Å². The Bertz CT molecular complexity index is 1320. The van der Waals surface area contributed by atoms with Crippen LogP contribution in [-0.4, -0.2) is 46.9 Å². The topological polar surface area (TPSA) is 115 Å². The first-order valence-electron chi connectivity index (χ1n) is 10.4. The van der Waals surface area contributed by atoms with Gasteiger partial charge in [0.25, 0.3) is 10.0 Å². The van der Waals surface area contributed by atoms with Crippen molar-refractivity contribution >= 4 is 33.8 Å². The zero-order valence-electron chi connectivity index (χ0n) is 18.2. The van der Waals surface area contributed by atoms with Gasteiger partial charge in [0, 0.05) is 13.5 Å². The fraction of sp³-hybridized carbons (Fsp3) is 0.261. The van der Waals surface area contributed by atoms with Crippen LogP contribution in [0.5, 0.6) is 5.75 Å². The van der Waals surface area contributed by atoms with Gasteiger partial charge >= 0.3 is 5.97 Å². The monoisotopic (exact) mass is 468 g/mol. The highest BCUT2D eigenvalue weighted by molar-refractivity contribution is 7.92. The van der Waals surface area contributed by atoms with Gasteiger partial charge in [0.05, 0.1) is 17.1 Å². The van der Waals surface area contributed by atoms with Crippen molar-refractivity contribution < 1.29 is 23.1 Å². The number of fused-ring (bicyclic) bond motifs is 1. The van der Waals surface area contributed by atoms with Gasteiger partial charge in [-0.1, -0.05) is 24.3 Å². The van der Waals surface area contributed by atoms with Crippen molar-refractivity contribution in [1.29, 1.82) is 0 Å². The standard InChI is InChI=1S/C23H24N4O5S/c1-16-4-3-5-19(12-16)33(30,31)27-14-18(8-11-23(28)29)32-21-9-6-17(13-20(21)27)7-10-22-24-15-25-26(22)2/h3-7,9-10,12-13,15,18H,8,11,14H2,1-2H3,(H,28,29)/b10-7+/t18-/m0/s1. The summed E-state index contributed by atoms with van der Waals surface area (Å²) >= 11 is 0. The van der Waals surface area contributed by atoms with Crippen LogP contribution in [0.2, 0.25) is 0 Å². The maximum Gasteiger partial charge on any atom is 0.303 e. The zero-order chi connectivity index (χ0) is 23.6. The summed E-state index contributed by atoms with van der Waals surface area (Å²) in [6.07, 6.45) is 4.56. The number of carbonyl (C=O) groups is 1. The Kier molecular flexibility index (Phi) is 6.19. The third-order valence-corrected chi connectivity index (χ3v) is 7.12. The summed E-state index contributed by atoms with van der Waals surface area (Å²) in [5.74, 6) is 0.0902. The normalized spacial score (nSPS) is 15.9. The van der Waals surface area contributed by atoms with Crippen LogP contribution in [-0.2, 0) is 21.9 Å². The minimum atomic E-state index is -3.90. The van der Waals surface area contributed by atoms with Gasteiger partial charge in [0.15, 0.2) is 0 Å². The van der Waals surface area contributed by atoms with Gasteiger partial charge in [-0.15, -0.1) is 0 Å². The van der Waals surface area contributed by atoms with Crippen LogP contribution < -0.4 is 9.04 Å². The lowest BCUT2D eigenvalue weighted by Crippen LogP contribution is -2.43. The Balaban J connectivity index is 1.73. The molecule has 1 aromatic heterocycles. The number of sulfonamides is 1. The van der Waals surface area contributed by atoms with E-state index in [9.17, 15) is 13.2 Å². The molecule has 0 unspecified atom stereocenters. The molecular weight excluding hydrogens is 444 g/mol. The van der Waals surface area contributed by atoms with E-state index in [0.29, 0.717) is 17.3 Å². The lowest BCUT2D eigenvalue weighted by Gasteiger charge is -2.35. The highest BCUT2D eigenvalue weighted by Crippen LogP contribution is 2.39. The second-order valence-corrected chi connectivity index (χ2v) is 9.69. The first-order valence-corrected chi connectivity index (χ1v) is 11.8. The Hall–Kier alpha value is -3.66. The van der Waals surface area contributed by atoms with Gasteiger partial charge in [-0.3, -0.25) is 9.10 Å². The number of rotatable bonds is 7. The van der Waals surface area contributed by atoms with E-state index in [1.807, 2.05) is 25.1 Å². The maximum atomic E-state index is 13.6. The van der Waals surface area contributed by atoms with Crippen molar-refractivity contribution in [2.45, 2.75) is 30.8 Å². The van der Waals surface area contributed by atoms with E-state index in [1.165, 1.54) is 10.6 Å². The minimum absolute atomic E-state index is 0.0208. The van der Waals surface area contributed by atoms with Gasteiger partial charge in [-0.2, -0.15) is 5.10 Å². The molecule has 0 bridgehead atoms. The Morgan fingerprint density at radius 1 is 1.24 bits per heavy atom. The van der Waals surface area contributed by atoms with Crippen LogP contribution in [0.3, 0.4) is 0 Å². The molecule has 3 aromatic rings. The number of hydrogen-bond acceptors (Lipinski definition) is 6. The number of anilines is 1. The van der Waals surface area contributed by atoms with Crippen LogP contribution in [0, 0.1) is 6.92 Å². The lowest BCUT2D eigenvalue weighted by molar-refractivity contribution is -0.137. The molecule has 0 spiro atoms. The van der Waals surface area contributed by atoms with Crippen molar-refractivity contribution in [2.75, 3.05) is 10.8 Å². The molecule has 33 heavy (non-hydrogen) atoms. The highest BCUT2D eigenvalue weighted by atomic mass is 32.2. The first kappa shape index (κ1) is 22.5. The third kappa shape index (κ3) is 4.90. The van der Waals surface area contributed by atoms with Gasteiger partial charge in [0.1, 0.15) is 24.0 Å². The molecule has 0 saturated heterocycles. The molecule has 0 radical (unpaired) electrons.